The summed E-state index contributed by atoms with van der Waals surface area (Å²) in [5, 5.41) is 8.01. The van der Waals surface area contributed by atoms with Crippen LogP contribution in [0.25, 0.3) is 10.9 Å². The highest BCUT2D eigenvalue weighted by atomic mass is 32.2. The van der Waals surface area contributed by atoms with Crippen molar-refractivity contribution in [2.24, 2.45) is 0 Å². The van der Waals surface area contributed by atoms with Gasteiger partial charge in [-0.05, 0) is 63.8 Å². The molecule has 0 aliphatic carbocycles. The quantitative estimate of drug-likeness (QED) is 0.379. The van der Waals surface area contributed by atoms with Crippen LogP contribution in [0.2, 0.25) is 0 Å². The van der Waals surface area contributed by atoms with Gasteiger partial charge in [0.1, 0.15) is 10.6 Å². The number of pyridine rings is 1. The highest BCUT2D eigenvalue weighted by molar-refractivity contribution is 7.89. The van der Waals surface area contributed by atoms with Crippen molar-refractivity contribution in [1.29, 1.82) is 0 Å². The van der Waals surface area contributed by atoms with E-state index in [1.165, 1.54) is 4.31 Å². The number of fused-ring (bicyclic) bond motifs is 1. The summed E-state index contributed by atoms with van der Waals surface area (Å²) in [5.41, 5.74) is 4.72. The summed E-state index contributed by atoms with van der Waals surface area (Å²) in [7, 11) is -3.69. The molecule has 0 radical (unpaired) electrons. The zero-order valence-electron chi connectivity index (χ0n) is 21.2. The van der Waals surface area contributed by atoms with Crippen molar-refractivity contribution >= 4 is 26.8 Å². The average Bonchev–Trinajstić information content (AvgIpc) is 3.46. The number of carbonyl (C=O) groups is 1. The van der Waals surface area contributed by atoms with Gasteiger partial charge in [0.25, 0.3) is 5.91 Å². The normalized spacial score (nSPS) is 15.3. The van der Waals surface area contributed by atoms with Gasteiger partial charge in [-0.25, -0.2) is 8.42 Å². The Hall–Kier alpha value is -3.50. The molecule has 0 saturated carbocycles. The largest absolute Gasteiger partial charge is 0.361 e. The zero-order chi connectivity index (χ0) is 26.2. The lowest BCUT2D eigenvalue weighted by molar-refractivity contribution is 0.0951. The first-order valence-corrected chi connectivity index (χ1v) is 13.9. The first-order chi connectivity index (χ1) is 17.8. The second-order valence-corrected chi connectivity index (χ2v) is 11.5. The lowest BCUT2D eigenvalue weighted by Crippen LogP contribution is -2.39. The van der Waals surface area contributed by atoms with Crippen molar-refractivity contribution in [3.8, 4) is 0 Å². The van der Waals surface area contributed by atoms with Crippen LogP contribution >= 0.6 is 0 Å². The summed E-state index contributed by atoms with van der Waals surface area (Å²) in [6.07, 6.45) is 3.85. The summed E-state index contributed by atoms with van der Waals surface area (Å²) in [6.45, 7) is 6.33. The van der Waals surface area contributed by atoms with E-state index in [0.717, 1.165) is 27.9 Å². The highest BCUT2D eigenvalue weighted by Crippen LogP contribution is 2.33. The molecule has 0 unspecified atom stereocenters. The van der Waals surface area contributed by atoms with E-state index in [4.69, 9.17) is 9.51 Å². The fraction of sp³-hybridized carbons (Fsp3) is 0.370. The maximum absolute atomic E-state index is 13.2. The van der Waals surface area contributed by atoms with Crippen LogP contribution in [0.15, 0.2) is 52.0 Å². The Kier molecular flexibility index (Phi) is 6.87. The molecule has 194 valence electrons. The molecule has 1 fully saturated rings. The van der Waals surface area contributed by atoms with E-state index in [1.807, 2.05) is 43.5 Å². The van der Waals surface area contributed by atoms with E-state index in [-0.39, 0.29) is 16.7 Å². The molecule has 10 heteroatoms. The third kappa shape index (κ3) is 4.91. The number of benzene rings is 1. The van der Waals surface area contributed by atoms with Crippen molar-refractivity contribution in [3.05, 3.63) is 76.6 Å². The Bertz CT molecular complexity index is 1530. The first kappa shape index (κ1) is 25.2. The Morgan fingerprint density at radius 2 is 1.89 bits per heavy atom. The van der Waals surface area contributed by atoms with Gasteiger partial charge in [-0.1, -0.05) is 23.4 Å². The van der Waals surface area contributed by atoms with Crippen LogP contribution in [0.5, 0.6) is 0 Å². The molecule has 0 atom stereocenters. The van der Waals surface area contributed by atoms with Gasteiger partial charge in [-0.15, -0.1) is 0 Å². The van der Waals surface area contributed by atoms with Crippen LogP contribution in [0.3, 0.4) is 0 Å². The molecule has 1 aliphatic heterocycles. The summed E-state index contributed by atoms with van der Waals surface area (Å²) in [5.74, 6) is 0.130. The third-order valence-electron chi connectivity index (χ3n) is 7.07. The SMILES string of the molecule is Cc1ccc(C(=O)NCCc2c[nH]c3ccccc23)c(C2CCN(S(=O)(=O)c3c(C)noc3C)CC2)n1. The van der Waals surface area contributed by atoms with Gasteiger partial charge in [0.05, 0.1) is 11.3 Å². The van der Waals surface area contributed by atoms with E-state index < -0.39 is 10.0 Å². The van der Waals surface area contributed by atoms with Crippen molar-refractivity contribution in [1.82, 2.24) is 24.7 Å². The molecule has 0 spiro atoms. The summed E-state index contributed by atoms with van der Waals surface area (Å²) >= 11 is 0. The van der Waals surface area contributed by atoms with Crippen molar-refractivity contribution in [3.63, 3.8) is 0 Å². The Morgan fingerprint density at radius 1 is 1.14 bits per heavy atom. The second-order valence-electron chi connectivity index (χ2n) is 9.58. The number of carbonyl (C=O) groups excluding carboxylic acids is 1. The lowest BCUT2D eigenvalue weighted by Gasteiger charge is -2.31. The zero-order valence-corrected chi connectivity index (χ0v) is 22.1. The predicted molar refractivity (Wildman–Crippen MR) is 140 cm³/mol. The minimum atomic E-state index is -3.69. The number of sulfonamides is 1. The number of nitrogens with zero attached hydrogens (tertiary/aromatic N) is 3. The monoisotopic (exact) mass is 521 g/mol. The molecular formula is C27H31N5O4S. The number of H-pyrrole nitrogens is 1. The van der Waals surface area contributed by atoms with Crippen molar-refractivity contribution in [2.75, 3.05) is 19.6 Å². The summed E-state index contributed by atoms with van der Waals surface area (Å²) in [6, 6.07) is 11.8. The molecule has 1 amide bonds. The number of hydrogen-bond acceptors (Lipinski definition) is 6. The second kappa shape index (κ2) is 10.1. The molecular weight excluding hydrogens is 490 g/mol. The molecule has 1 aromatic carbocycles. The number of hydrogen-bond donors (Lipinski definition) is 2. The van der Waals surface area contributed by atoms with E-state index in [9.17, 15) is 13.2 Å². The fourth-order valence-corrected chi connectivity index (χ4v) is 6.93. The number of amides is 1. The number of aromatic amines is 1. The van der Waals surface area contributed by atoms with E-state index >= 15 is 0 Å². The lowest BCUT2D eigenvalue weighted by atomic mass is 9.90. The van der Waals surface area contributed by atoms with Gasteiger partial charge in [0.15, 0.2) is 5.76 Å². The molecule has 9 nitrogen and oxygen atoms in total. The average molecular weight is 522 g/mol. The Balaban J connectivity index is 1.26. The molecule has 37 heavy (non-hydrogen) atoms. The van der Waals surface area contributed by atoms with Gasteiger partial charge in [-0.2, -0.15) is 4.31 Å². The van der Waals surface area contributed by atoms with Crippen LogP contribution in [-0.4, -0.2) is 53.4 Å². The van der Waals surface area contributed by atoms with Gasteiger partial charge in [0.2, 0.25) is 10.0 Å². The number of piperidine rings is 1. The molecule has 3 aromatic heterocycles. The molecule has 5 rings (SSSR count). The van der Waals surface area contributed by atoms with Gasteiger partial charge in [0, 0.05) is 48.3 Å². The highest BCUT2D eigenvalue weighted by Gasteiger charge is 2.35. The molecule has 1 saturated heterocycles. The molecule has 1 aliphatic rings. The van der Waals surface area contributed by atoms with Crippen LogP contribution < -0.4 is 5.32 Å². The summed E-state index contributed by atoms with van der Waals surface area (Å²) < 4.78 is 33.0. The fourth-order valence-electron chi connectivity index (χ4n) is 5.17. The van der Waals surface area contributed by atoms with Gasteiger partial charge < -0.3 is 14.8 Å². The van der Waals surface area contributed by atoms with Crippen LogP contribution in [-0.2, 0) is 16.4 Å². The molecule has 2 N–H and O–H groups in total. The maximum atomic E-state index is 13.2. The van der Waals surface area contributed by atoms with Gasteiger partial charge in [-0.3, -0.25) is 9.78 Å². The molecule has 4 aromatic rings. The Morgan fingerprint density at radius 3 is 2.62 bits per heavy atom. The maximum Gasteiger partial charge on any atom is 0.253 e. The van der Waals surface area contributed by atoms with Crippen LogP contribution in [0, 0.1) is 20.8 Å². The number of para-hydroxylation sites is 1. The van der Waals surface area contributed by atoms with E-state index in [0.29, 0.717) is 55.9 Å². The predicted octanol–water partition coefficient (Wildman–Crippen LogP) is 4.02. The third-order valence-corrected chi connectivity index (χ3v) is 9.21. The minimum Gasteiger partial charge on any atom is -0.361 e. The Labute approximate surface area is 216 Å². The first-order valence-electron chi connectivity index (χ1n) is 12.5. The van der Waals surface area contributed by atoms with Crippen LogP contribution in [0.4, 0.5) is 0 Å². The van der Waals surface area contributed by atoms with Gasteiger partial charge >= 0.3 is 0 Å². The summed E-state index contributed by atoms with van der Waals surface area (Å²) in [4.78, 5) is 21.3. The number of nitrogens with one attached hydrogen (secondary N) is 2. The smallest absolute Gasteiger partial charge is 0.253 e. The number of aromatic nitrogens is 3. The van der Waals surface area contributed by atoms with Crippen molar-refractivity contribution in [2.45, 2.75) is 50.8 Å². The van der Waals surface area contributed by atoms with E-state index in [1.54, 1.807) is 13.8 Å². The van der Waals surface area contributed by atoms with Crippen molar-refractivity contribution < 1.29 is 17.7 Å². The molecule has 0 bridgehead atoms. The molecule has 4 heterocycles. The number of rotatable bonds is 7. The van der Waals surface area contributed by atoms with E-state index in [2.05, 4.69) is 21.5 Å². The number of aryl methyl sites for hydroxylation is 3. The van der Waals surface area contributed by atoms with Crippen LogP contribution in [0.1, 0.15) is 57.5 Å². The topological polar surface area (TPSA) is 121 Å². The standard InChI is InChI=1S/C27H31N5O4S/c1-17-8-9-23(27(33)28-13-10-21-16-29-24-7-5-4-6-22(21)24)25(30-17)20-11-14-32(15-12-20)37(34,35)26-18(2)31-36-19(26)3/h4-9,16,20,29H,10-15H2,1-3H3,(H,28,33). The minimum absolute atomic E-state index is 0.00890.